The van der Waals surface area contributed by atoms with Crippen LogP contribution in [0.2, 0.25) is 0 Å². The molecule has 0 bridgehead atoms. The fourth-order valence-electron chi connectivity index (χ4n) is 1.33. The molecule has 1 fully saturated rings. The number of hydrogen-bond donors (Lipinski definition) is 0. The maximum Gasteiger partial charge on any atom is 0.368 e. The Labute approximate surface area is 94.9 Å². The predicted molar refractivity (Wildman–Crippen MR) is 50.7 cm³/mol. The van der Waals surface area contributed by atoms with Gasteiger partial charge in [0.25, 0.3) is 11.8 Å². The molecule has 2 heterocycles. The van der Waals surface area contributed by atoms with Crippen molar-refractivity contribution in [2.45, 2.75) is 12.8 Å². The smallest absolute Gasteiger partial charge is 0.325 e. The molecular formula is C10H7FN2O4. The van der Waals surface area contributed by atoms with Crippen molar-refractivity contribution in [3.8, 4) is 0 Å². The molecule has 88 valence electrons. The van der Waals surface area contributed by atoms with Crippen molar-refractivity contribution >= 4 is 17.8 Å². The summed E-state index contributed by atoms with van der Waals surface area (Å²) in [7, 11) is 0. The Hall–Kier alpha value is -2.31. The number of nitrogens with zero attached hydrogens (tertiary/aromatic N) is 2. The van der Waals surface area contributed by atoms with E-state index in [1.807, 2.05) is 0 Å². The van der Waals surface area contributed by atoms with E-state index < -0.39 is 29.3 Å². The molecule has 1 aromatic rings. The molecule has 0 spiro atoms. The Kier molecular flexibility index (Phi) is 2.82. The molecule has 0 saturated carbocycles. The molecule has 0 N–H and O–H groups in total. The van der Waals surface area contributed by atoms with Gasteiger partial charge >= 0.3 is 5.97 Å². The first-order valence-electron chi connectivity index (χ1n) is 4.78. The quantitative estimate of drug-likeness (QED) is 0.552. The number of amides is 2. The molecule has 0 aliphatic carbocycles. The third kappa shape index (κ3) is 2.12. The zero-order valence-corrected chi connectivity index (χ0v) is 8.55. The average molecular weight is 238 g/mol. The molecule has 1 aliphatic heterocycles. The molecule has 1 aliphatic rings. The zero-order chi connectivity index (χ0) is 12.4. The third-order valence-corrected chi connectivity index (χ3v) is 2.16. The molecule has 0 atom stereocenters. The van der Waals surface area contributed by atoms with Gasteiger partial charge in [0.05, 0.1) is 0 Å². The van der Waals surface area contributed by atoms with Crippen molar-refractivity contribution in [3.63, 3.8) is 0 Å². The van der Waals surface area contributed by atoms with Crippen LogP contribution in [-0.4, -0.2) is 27.8 Å². The van der Waals surface area contributed by atoms with Crippen LogP contribution in [0.5, 0.6) is 0 Å². The Balaban J connectivity index is 2.15. The highest BCUT2D eigenvalue weighted by atomic mass is 19.1. The second-order valence-corrected chi connectivity index (χ2v) is 3.30. The Morgan fingerprint density at radius 2 is 2.00 bits per heavy atom. The second-order valence-electron chi connectivity index (χ2n) is 3.30. The van der Waals surface area contributed by atoms with Crippen molar-refractivity contribution < 1.29 is 23.6 Å². The monoisotopic (exact) mass is 238 g/mol. The van der Waals surface area contributed by atoms with Crippen LogP contribution < -0.4 is 0 Å². The van der Waals surface area contributed by atoms with E-state index in [2.05, 4.69) is 9.82 Å². The minimum Gasteiger partial charge on any atom is -0.325 e. The van der Waals surface area contributed by atoms with Gasteiger partial charge in [0.1, 0.15) is 5.56 Å². The molecule has 0 unspecified atom stereocenters. The van der Waals surface area contributed by atoms with E-state index in [0.717, 1.165) is 12.3 Å². The highest BCUT2D eigenvalue weighted by Crippen LogP contribution is 2.14. The number of pyridine rings is 1. The van der Waals surface area contributed by atoms with Crippen LogP contribution in [-0.2, 0) is 14.4 Å². The highest BCUT2D eigenvalue weighted by Gasteiger charge is 2.33. The molecule has 2 rings (SSSR count). The van der Waals surface area contributed by atoms with E-state index in [-0.39, 0.29) is 12.8 Å². The van der Waals surface area contributed by atoms with Gasteiger partial charge in [-0.05, 0) is 12.1 Å². The normalized spacial score (nSPS) is 15.2. The molecule has 1 aromatic heterocycles. The lowest BCUT2D eigenvalue weighted by molar-refractivity contribution is -0.172. The van der Waals surface area contributed by atoms with Crippen LogP contribution in [0.4, 0.5) is 4.39 Å². The number of hydrogen-bond acceptors (Lipinski definition) is 5. The summed E-state index contributed by atoms with van der Waals surface area (Å²) in [5, 5.41) is 0.356. The van der Waals surface area contributed by atoms with Crippen LogP contribution in [0.1, 0.15) is 23.2 Å². The van der Waals surface area contributed by atoms with Gasteiger partial charge in [-0.25, -0.2) is 9.78 Å². The van der Waals surface area contributed by atoms with Crippen LogP contribution in [0.15, 0.2) is 18.3 Å². The van der Waals surface area contributed by atoms with Crippen LogP contribution in [0, 0.1) is 5.95 Å². The number of rotatable bonds is 2. The molecule has 1 saturated heterocycles. The summed E-state index contributed by atoms with van der Waals surface area (Å²) in [6, 6.07) is 2.49. The van der Waals surface area contributed by atoms with Gasteiger partial charge in [-0.15, -0.1) is 5.06 Å². The lowest BCUT2D eigenvalue weighted by Gasteiger charge is -2.12. The van der Waals surface area contributed by atoms with Crippen molar-refractivity contribution in [3.05, 3.63) is 29.8 Å². The van der Waals surface area contributed by atoms with Gasteiger partial charge in [-0.1, -0.05) is 0 Å². The van der Waals surface area contributed by atoms with Gasteiger partial charge < -0.3 is 4.84 Å². The first kappa shape index (κ1) is 11.2. The number of aromatic nitrogens is 1. The maximum absolute atomic E-state index is 13.1. The van der Waals surface area contributed by atoms with E-state index in [1.54, 1.807) is 0 Å². The topological polar surface area (TPSA) is 76.6 Å². The Morgan fingerprint density at radius 3 is 2.59 bits per heavy atom. The van der Waals surface area contributed by atoms with Crippen molar-refractivity contribution in [1.82, 2.24) is 10.0 Å². The van der Waals surface area contributed by atoms with Crippen LogP contribution >= 0.6 is 0 Å². The lowest BCUT2D eigenvalue weighted by Crippen LogP contribution is -2.32. The minimum atomic E-state index is -1.13. The fourth-order valence-corrected chi connectivity index (χ4v) is 1.33. The van der Waals surface area contributed by atoms with Gasteiger partial charge in [0.2, 0.25) is 5.95 Å². The first-order valence-corrected chi connectivity index (χ1v) is 4.78. The molecule has 2 amide bonds. The van der Waals surface area contributed by atoms with E-state index in [1.165, 1.54) is 6.07 Å². The van der Waals surface area contributed by atoms with Gasteiger partial charge in [0, 0.05) is 19.0 Å². The summed E-state index contributed by atoms with van der Waals surface area (Å²) >= 11 is 0. The minimum absolute atomic E-state index is 0.0123. The third-order valence-electron chi connectivity index (χ3n) is 2.16. The average Bonchev–Trinajstić information content (AvgIpc) is 2.61. The standard InChI is InChI=1S/C10H7FN2O4/c11-9-6(2-1-5-12-9)10(16)17-13-7(14)3-4-8(13)15/h1-2,5H,3-4H2. The summed E-state index contributed by atoms with van der Waals surface area (Å²) in [6.07, 6.45) is 1.14. The zero-order valence-electron chi connectivity index (χ0n) is 8.55. The molecule has 0 aromatic carbocycles. The largest absolute Gasteiger partial charge is 0.368 e. The molecule has 0 radical (unpaired) electrons. The Morgan fingerprint density at radius 1 is 1.35 bits per heavy atom. The summed E-state index contributed by atoms with van der Waals surface area (Å²) < 4.78 is 13.1. The molecule has 17 heavy (non-hydrogen) atoms. The van der Waals surface area contributed by atoms with E-state index in [9.17, 15) is 18.8 Å². The van der Waals surface area contributed by atoms with Gasteiger partial charge in [-0.2, -0.15) is 4.39 Å². The Bertz CT molecular complexity index is 487. The van der Waals surface area contributed by atoms with Crippen LogP contribution in [0.3, 0.4) is 0 Å². The highest BCUT2D eigenvalue weighted by molar-refractivity contribution is 6.02. The number of carbonyl (C=O) groups excluding carboxylic acids is 3. The maximum atomic E-state index is 13.1. The first-order chi connectivity index (χ1) is 8.09. The van der Waals surface area contributed by atoms with Gasteiger partial charge in [0.15, 0.2) is 0 Å². The number of hydroxylamine groups is 2. The predicted octanol–water partition coefficient (Wildman–Crippen LogP) is 0.441. The fraction of sp³-hybridized carbons (Fsp3) is 0.200. The molecular weight excluding hydrogens is 231 g/mol. The lowest BCUT2D eigenvalue weighted by atomic mass is 10.3. The van der Waals surface area contributed by atoms with Crippen molar-refractivity contribution in [2.75, 3.05) is 0 Å². The summed E-state index contributed by atoms with van der Waals surface area (Å²) in [6.45, 7) is 0. The number of imide groups is 1. The van der Waals surface area contributed by atoms with E-state index in [0.29, 0.717) is 5.06 Å². The summed E-state index contributed by atoms with van der Waals surface area (Å²) in [4.78, 5) is 41.5. The molecule has 6 nitrogen and oxygen atoms in total. The summed E-state index contributed by atoms with van der Waals surface area (Å²) in [5.41, 5.74) is -0.431. The van der Waals surface area contributed by atoms with E-state index in [4.69, 9.17) is 0 Å². The number of carbonyl (C=O) groups is 3. The van der Waals surface area contributed by atoms with Crippen molar-refractivity contribution in [1.29, 1.82) is 0 Å². The second kappa shape index (κ2) is 4.28. The molecule has 7 heteroatoms. The van der Waals surface area contributed by atoms with E-state index >= 15 is 0 Å². The van der Waals surface area contributed by atoms with Crippen LogP contribution in [0.25, 0.3) is 0 Å². The van der Waals surface area contributed by atoms with Gasteiger partial charge in [-0.3, -0.25) is 9.59 Å². The summed E-state index contributed by atoms with van der Waals surface area (Å²) in [5.74, 6) is -3.38. The van der Waals surface area contributed by atoms with Crippen molar-refractivity contribution in [2.24, 2.45) is 0 Å². The SMILES string of the molecule is O=C(ON1C(=O)CCC1=O)c1cccnc1F. The number of halogens is 1.